The largest absolute Gasteiger partial charge is 0.496 e. The predicted octanol–water partition coefficient (Wildman–Crippen LogP) is 3.27. The number of imidazole rings is 1. The number of nitrogens with one attached hydrogen (secondary N) is 2. The van der Waals surface area contributed by atoms with Crippen molar-refractivity contribution in [1.29, 1.82) is 0 Å². The standard InChI is InChI=1S/C26H30ClN7O2/c1-33-7-9-34(10-8-33)16-3-4-17(20(12-16)36-2)24-30-22-21(19(27)14-29-25(22)31-24)32-26-6-5-15(13-26)11-18(26)23(28)35/h3-6,12,14-15,18H,7-11,13H2,1-2H3,(H2,28,35)(H2,29,30,31,32)/t15-,18-,26-/m0/s1. The second-order valence-corrected chi connectivity index (χ2v) is 10.5. The Hall–Kier alpha value is -3.30. The molecule has 3 aromatic rings. The Kier molecular flexibility index (Phi) is 5.57. The number of aromatic amines is 1. The average molecular weight is 508 g/mol. The molecule has 188 valence electrons. The summed E-state index contributed by atoms with van der Waals surface area (Å²) in [5, 5.41) is 4.02. The van der Waals surface area contributed by atoms with Gasteiger partial charge in [-0.1, -0.05) is 23.8 Å². The molecule has 4 N–H and O–H groups in total. The number of hydrogen-bond acceptors (Lipinski definition) is 7. The number of nitrogens with two attached hydrogens (primary N) is 1. The summed E-state index contributed by atoms with van der Waals surface area (Å²) in [5.41, 5.74) is 9.06. The molecule has 36 heavy (non-hydrogen) atoms. The van der Waals surface area contributed by atoms with Crippen LogP contribution < -0.4 is 20.7 Å². The van der Waals surface area contributed by atoms with E-state index in [2.05, 4.69) is 56.4 Å². The van der Waals surface area contributed by atoms with Crippen molar-refractivity contribution >= 4 is 40.0 Å². The molecule has 3 atom stereocenters. The molecule has 1 aromatic carbocycles. The maximum Gasteiger partial charge on any atom is 0.223 e. The number of amides is 1. The maximum atomic E-state index is 12.2. The zero-order chi connectivity index (χ0) is 25.0. The molecule has 9 nitrogen and oxygen atoms in total. The van der Waals surface area contributed by atoms with Crippen LogP contribution >= 0.6 is 11.6 Å². The highest BCUT2D eigenvalue weighted by atomic mass is 35.5. The number of ether oxygens (including phenoxy) is 1. The normalized spacial score (nSPS) is 25.6. The fourth-order valence-corrected chi connectivity index (χ4v) is 6.10. The number of primary amides is 1. The zero-order valence-corrected chi connectivity index (χ0v) is 21.2. The van der Waals surface area contributed by atoms with E-state index in [-0.39, 0.29) is 11.8 Å². The van der Waals surface area contributed by atoms with E-state index in [0.717, 1.165) is 56.0 Å². The first-order valence-electron chi connectivity index (χ1n) is 12.3. The lowest BCUT2D eigenvalue weighted by molar-refractivity contribution is -0.122. The van der Waals surface area contributed by atoms with Crippen molar-refractivity contribution in [2.24, 2.45) is 17.6 Å². The molecule has 0 radical (unpaired) electrons. The molecule has 2 bridgehead atoms. The molecule has 6 rings (SSSR count). The first kappa shape index (κ1) is 23.1. The average Bonchev–Trinajstić information content (AvgIpc) is 3.59. The Morgan fingerprint density at radius 3 is 2.83 bits per heavy atom. The van der Waals surface area contributed by atoms with Gasteiger partial charge in [0.15, 0.2) is 5.65 Å². The van der Waals surface area contributed by atoms with E-state index in [1.54, 1.807) is 13.3 Å². The number of carbonyl (C=O) groups excluding carboxylic acids is 1. The number of carbonyl (C=O) groups is 1. The van der Waals surface area contributed by atoms with Crippen molar-refractivity contribution in [2.45, 2.75) is 18.4 Å². The van der Waals surface area contributed by atoms with E-state index in [4.69, 9.17) is 27.1 Å². The highest BCUT2D eigenvalue weighted by Gasteiger charge is 2.51. The van der Waals surface area contributed by atoms with Crippen LogP contribution in [-0.4, -0.2) is 71.6 Å². The number of piperazine rings is 1. The zero-order valence-electron chi connectivity index (χ0n) is 20.4. The number of halogens is 1. The topological polar surface area (TPSA) is 112 Å². The second kappa shape index (κ2) is 8.67. The first-order chi connectivity index (χ1) is 17.4. The highest BCUT2D eigenvalue weighted by Crippen LogP contribution is 2.49. The summed E-state index contributed by atoms with van der Waals surface area (Å²) in [6.07, 6.45) is 7.37. The maximum absolute atomic E-state index is 12.2. The summed E-state index contributed by atoms with van der Waals surface area (Å²) >= 11 is 6.63. The number of anilines is 2. The van der Waals surface area contributed by atoms with Crippen LogP contribution in [0.4, 0.5) is 11.4 Å². The minimum atomic E-state index is -0.554. The number of rotatable bonds is 6. The van der Waals surface area contributed by atoms with Gasteiger partial charge in [-0.25, -0.2) is 9.97 Å². The van der Waals surface area contributed by atoms with E-state index < -0.39 is 5.54 Å². The summed E-state index contributed by atoms with van der Waals surface area (Å²) in [6.45, 7) is 4.02. The molecular formula is C26H30ClN7O2. The molecule has 3 aliphatic rings. The van der Waals surface area contributed by atoms with Crippen LogP contribution in [0.1, 0.15) is 12.8 Å². The van der Waals surface area contributed by atoms with E-state index in [1.165, 1.54) is 0 Å². The lowest BCUT2D eigenvalue weighted by Crippen LogP contribution is -2.45. The summed E-state index contributed by atoms with van der Waals surface area (Å²) in [6, 6.07) is 6.20. The van der Waals surface area contributed by atoms with Gasteiger partial charge in [0.2, 0.25) is 5.91 Å². The Labute approximate surface area is 214 Å². The SMILES string of the molecule is COc1cc(N2CCN(C)CC2)ccc1-c1nc2ncc(Cl)c(N[C@]34C=C[C@@H](C[C@H]3C(N)=O)C4)c2[nH]1. The third-order valence-corrected chi connectivity index (χ3v) is 8.20. The van der Waals surface area contributed by atoms with Gasteiger partial charge in [0.05, 0.1) is 41.0 Å². The number of H-pyrrole nitrogens is 1. The van der Waals surface area contributed by atoms with Crippen LogP contribution in [0.5, 0.6) is 5.75 Å². The van der Waals surface area contributed by atoms with Crippen molar-refractivity contribution in [1.82, 2.24) is 19.9 Å². The number of nitrogens with zero attached hydrogens (tertiary/aromatic N) is 4. The number of likely N-dealkylation sites (N-methyl/N-ethyl adjacent to an activating group) is 1. The molecule has 1 saturated carbocycles. The molecule has 1 aliphatic heterocycles. The van der Waals surface area contributed by atoms with Gasteiger partial charge in [0.25, 0.3) is 0 Å². The van der Waals surface area contributed by atoms with Crippen LogP contribution in [0.25, 0.3) is 22.6 Å². The summed E-state index contributed by atoms with van der Waals surface area (Å²) in [7, 11) is 3.82. The van der Waals surface area contributed by atoms with Crippen LogP contribution in [0.2, 0.25) is 5.02 Å². The van der Waals surface area contributed by atoms with Crippen molar-refractivity contribution in [3.05, 3.63) is 41.6 Å². The van der Waals surface area contributed by atoms with E-state index in [0.29, 0.717) is 33.6 Å². The number of aromatic nitrogens is 3. The van der Waals surface area contributed by atoms with Crippen LogP contribution in [-0.2, 0) is 4.79 Å². The van der Waals surface area contributed by atoms with Gasteiger partial charge < -0.3 is 30.6 Å². The van der Waals surface area contributed by atoms with Crippen molar-refractivity contribution in [2.75, 3.05) is 50.6 Å². The molecular weight excluding hydrogens is 478 g/mol. The van der Waals surface area contributed by atoms with Gasteiger partial charge >= 0.3 is 0 Å². The quantitative estimate of drug-likeness (QED) is 0.439. The fraction of sp³-hybridized carbons (Fsp3) is 0.423. The minimum Gasteiger partial charge on any atom is -0.496 e. The third kappa shape index (κ3) is 3.77. The van der Waals surface area contributed by atoms with Gasteiger partial charge in [-0.15, -0.1) is 0 Å². The molecule has 2 aliphatic carbocycles. The lowest BCUT2D eigenvalue weighted by atomic mass is 9.85. The number of fused-ring (bicyclic) bond motifs is 3. The van der Waals surface area contributed by atoms with Crippen LogP contribution in [0.15, 0.2) is 36.5 Å². The first-order valence-corrected chi connectivity index (χ1v) is 12.7. The lowest BCUT2D eigenvalue weighted by Gasteiger charge is -2.34. The molecule has 3 heterocycles. The minimum absolute atomic E-state index is 0.295. The third-order valence-electron chi connectivity index (χ3n) is 7.91. The molecule has 10 heteroatoms. The van der Waals surface area contributed by atoms with Crippen molar-refractivity contribution in [3.8, 4) is 17.1 Å². The highest BCUT2D eigenvalue weighted by molar-refractivity contribution is 6.34. The Morgan fingerprint density at radius 2 is 2.11 bits per heavy atom. The molecule has 2 fully saturated rings. The van der Waals surface area contributed by atoms with Gasteiger partial charge in [0.1, 0.15) is 17.1 Å². The summed E-state index contributed by atoms with van der Waals surface area (Å²) in [5.74, 6) is 1.12. The molecule has 0 unspecified atom stereocenters. The predicted molar refractivity (Wildman–Crippen MR) is 141 cm³/mol. The number of benzene rings is 1. The Bertz CT molecular complexity index is 1360. The van der Waals surface area contributed by atoms with Crippen molar-refractivity contribution in [3.63, 3.8) is 0 Å². The number of methoxy groups -OCH3 is 1. The fourth-order valence-electron chi connectivity index (χ4n) is 5.91. The second-order valence-electron chi connectivity index (χ2n) is 10.1. The van der Waals surface area contributed by atoms with Crippen LogP contribution in [0.3, 0.4) is 0 Å². The molecule has 0 spiro atoms. The van der Waals surface area contributed by atoms with Gasteiger partial charge in [-0.05, 0) is 37.9 Å². The smallest absolute Gasteiger partial charge is 0.223 e. The number of allylic oxidation sites excluding steroid dienone is 1. The van der Waals surface area contributed by atoms with E-state index in [1.807, 2.05) is 6.07 Å². The Balaban J connectivity index is 1.36. The summed E-state index contributed by atoms with van der Waals surface area (Å²) < 4.78 is 5.77. The number of hydrogen-bond donors (Lipinski definition) is 3. The van der Waals surface area contributed by atoms with Gasteiger partial charge in [0, 0.05) is 37.9 Å². The molecule has 1 saturated heterocycles. The van der Waals surface area contributed by atoms with Crippen molar-refractivity contribution < 1.29 is 9.53 Å². The van der Waals surface area contributed by atoms with Gasteiger partial charge in [-0.3, -0.25) is 4.79 Å². The van der Waals surface area contributed by atoms with Gasteiger partial charge in [-0.2, -0.15) is 0 Å². The van der Waals surface area contributed by atoms with E-state index in [9.17, 15) is 4.79 Å². The molecule has 2 aromatic heterocycles. The number of pyridine rings is 1. The summed E-state index contributed by atoms with van der Waals surface area (Å²) in [4.78, 5) is 29.5. The van der Waals surface area contributed by atoms with E-state index >= 15 is 0 Å². The monoisotopic (exact) mass is 507 g/mol. The Morgan fingerprint density at radius 1 is 1.31 bits per heavy atom. The molecule has 1 amide bonds. The van der Waals surface area contributed by atoms with Crippen LogP contribution in [0, 0.1) is 11.8 Å².